The van der Waals surface area contributed by atoms with Crippen molar-refractivity contribution in [1.29, 1.82) is 0 Å². The number of fused-ring (bicyclic) bond motifs is 1. The van der Waals surface area contributed by atoms with Crippen LogP contribution < -0.4 is 0 Å². The maximum atomic E-state index is 12.3. The van der Waals surface area contributed by atoms with Crippen LogP contribution in [0.5, 0.6) is 0 Å². The van der Waals surface area contributed by atoms with Crippen LogP contribution in [0.1, 0.15) is 44.1 Å². The minimum atomic E-state index is -0.250. The molecule has 4 nitrogen and oxygen atoms in total. The Labute approximate surface area is 128 Å². The van der Waals surface area contributed by atoms with Crippen molar-refractivity contribution in [3.63, 3.8) is 0 Å². The molecule has 0 fully saturated rings. The standard InChI is InChI=1S/C18H18O4/c1-2-3-14(19)18-15(20)9-13(10-16(18)21)11-4-5-17-12(8-11)6-7-22-17/h4-8,13,20H,2-3,9-10H2,1H3. The summed E-state index contributed by atoms with van der Waals surface area (Å²) >= 11 is 0. The number of aliphatic hydroxyl groups is 1. The number of carbonyl (C=O) groups excluding carboxylic acids is 2. The molecule has 4 heteroatoms. The maximum absolute atomic E-state index is 12.3. The molecule has 2 aromatic rings. The fourth-order valence-electron chi connectivity index (χ4n) is 3.04. The monoisotopic (exact) mass is 298 g/mol. The lowest BCUT2D eigenvalue weighted by molar-refractivity contribution is -0.122. The lowest BCUT2D eigenvalue weighted by Crippen LogP contribution is -2.23. The number of allylic oxidation sites excluding steroid dienone is 2. The van der Waals surface area contributed by atoms with Crippen molar-refractivity contribution in [2.75, 3.05) is 0 Å². The van der Waals surface area contributed by atoms with E-state index in [0.29, 0.717) is 19.3 Å². The third kappa shape index (κ3) is 2.56. The van der Waals surface area contributed by atoms with Gasteiger partial charge in [-0.1, -0.05) is 13.0 Å². The van der Waals surface area contributed by atoms with Crippen LogP contribution in [0.3, 0.4) is 0 Å². The molecule has 1 aromatic carbocycles. The first-order valence-corrected chi connectivity index (χ1v) is 7.55. The predicted octanol–water partition coefficient (Wildman–Crippen LogP) is 4.06. The highest BCUT2D eigenvalue weighted by Crippen LogP contribution is 2.35. The van der Waals surface area contributed by atoms with Crippen LogP contribution in [0.2, 0.25) is 0 Å². The molecule has 0 amide bonds. The third-order valence-electron chi connectivity index (χ3n) is 4.14. The average Bonchev–Trinajstić information content (AvgIpc) is 2.94. The molecule has 0 radical (unpaired) electrons. The molecule has 0 aliphatic heterocycles. The molecule has 1 N–H and O–H groups in total. The molecule has 1 aliphatic rings. The number of hydrogen-bond acceptors (Lipinski definition) is 4. The molecule has 114 valence electrons. The topological polar surface area (TPSA) is 67.5 Å². The average molecular weight is 298 g/mol. The van der Waals surface area contributed by atoms with E-state index in [9.17, 15) is 14.7 Å². The molecule has 3 rings (SSSR count). The lowest BCUT2D eigenvalue weighted by Gasteiger charge is -2.23. The first kappa shape index (κ1) is 14.6. The van der Waals surface area contributed by atoms with Crippen molar-refractivity contribution in [1.82, 2.24) is 0 Å². The molecule has 0 saturated heterocycles. The highest BCUT2D eigenvalue weighted by Gasteiger charge is 2.32. The van der Waals surface area contributed by atoms with Crippen LogP contribution in [-0.2, 0) is 9.59 Å². The van der Waals surface area contributed by atoms with E-state index in [-0.39, 0.29) is 35.2 Å². The lowest BCUT2D eigenvalue weighted by atomic mass is 9.81. The summed E-state index contributed by atoms with van der Waals surface area (Å²) in [6.45, 7) is 1.88. The van der Waals surface area contributed by atoms with Crippen LogP contribution in [0.4, 0.5) is 0 Å². The number of rotatable bonds is 4. The Bertz CT molecular complexity index is 766. The molecule has 0 saturated carbocycles. The Hall–Kier alpha value is -2.36. The van der Waals surface area contributed by atoms with E-state index in [1.165, 1.54) is 0 Å². The second-order valence-electron chi connectivity index (χ2n) is 5.74. The molecule has 1 aliphatic carbocycles. The highest BCUT2D eigenvalue weighted by molar-refractivity contribution is 6.21. The van der Waals surface area contributed by atoms with E-state index < -0.39 is 0 Å². The zero-order valence-corrected chi connectivity index (χ0v) is 12.5. The summed E-state index contributed by atoms with van der Waals surface area (Å²) in [4.78, 5) is 24.2. The van der Waals surface area contributed by atoms with Crippen LogP contribution >= 0.6 is 0 Å². The minimum Gasteiger partial charge on any atom is -0.511 e. The highest BCUT2D eigenvalue weighted by atomic mass is 16.3. The summed E-state index contributed by atoms with van der Waals surface area (Å²) in [5.41, 5.74) is 1.79. The van der Waals surface area contributed by atoms with Crippen molar-refractivity contribution < 1.29 is 19.1 Å². The molecule has 1 unspecified atom stereocenters. The van der Waals surface area contributed by atoms with Crippen LogP contribution in [0.25, 0.3) is 11.0 Å². The Morgan fingerprint density at radius 1 is 1.32 bits per heavy atom. The number of carbonyl (C=O) groups is 2. The van der Waals surface area contributed by atoms with Crippen LogP contribution in [0.15, 0.2) is 46.3 Å². The van der Waals surface area contributed by atoms with E-state index in [0.717, 1.165) is 16.5 Å². The summed E-state index contributed by atoms with van der Waals surface area (Å²) in [5.74, 6) is -0.648. The Morgan fingerprint density at radius 2 is 2.14 bits per heavy atom. The Morgan fingerprint density at radius 3 is 2.86 bits per heavy atom. The molecule has 1 aromatic heterocycles. The number of benzene rings is 1. The van der Waals surface area contributed by atoms with Gasteiger partial charge in [0.1, 0.15) is 11.3 Å². The van der Waals surface area contributed by atoms with Crippen molar-refractivity contribution >= 4 is 22.5 Å². The summed E-state index contributed by atoms with van der Waals surface area (Å²) in [5, 5.41) is 11.1. The Kier molecular flexibility index (Phi) is 3.84. The molecular weight excluding hydrogens is 280 g/mol. The molecular formula is C18H18O4. The van der Waals surface area contributed by atoms with E-state index in [1.807, 2.05) is 31.2 Å². The number of furan rings is 1. The van der Waals surface area contributed by atoms with Gasteiger partial charge in [-0.3, -0.25) is 9.59 Å². The molecule has 22 heavy (non-hydrogen) atoms. The SMILES string of the molecule is CCCC(=O)C1=C(O)CC(c2ccc3occc3c2)CC1=O. The molecule has 1 atom stereocenters. The van der Waals surface area contributed by atoms with E-state index >= 15 is 0 Å². The molecule has 1 heterocycles. The van der Waals surface area contributed by atoms with Gasteiger partial charge in [0.2, 0.25) is 0 Å². The zero-order valence-electron chi connectivity index (χ0n) is 12.5. The van der Waals surface area contributed by atoms with Gasteiger partial charge in [-0.15, -0.1) is 0 Å². The van der Waals surface area contributed by atoms with Gasteiger partial charge in [-0.05, 0) is 36.1 Å². The smallest absolute Gasteiger partial charge is 0.170 e. The van der Waals surface area contributed by atoms with Gasteiger partial charge in [0.25, 0.3) is 0 Å². The van der Waals surface area contributed by atoms with E-state index in [1.54, 1.807) is 6.26 Å². The fraction of sp³-hybridized carbons (Fsp3) is 0.333. The first-order valence-electron chi connectivity index (χ1n) is 7.55. The van der Waals surface area contributed by atoms with Crippen LogP contribution in [-0.4, -0.2) is 16.7 Å². The fourth-order valence-corrected chi connectivity index (χ4v) is 3.04. The first-order chi connectivity index (χ1) is 10.6. The Balaban J connectivity index is 1.89. The van der Waals surface area contributed by atoms with Crippen LogP contribution in [0, 0.1) is 0 Å². The zero-order chi connectivity index (χ0) is 15.7. The number of hydrogen-bond donors (Lipinski definition) is 1. The predicted molar refractivity (Wildman–Crippen MR) is 82.8 cm³/mol. The minimum absolute atomic E-state index is 0.0162. The maximum Gasteiger partial charge on any atom is 0.170 e. The van der Waals surface area contributed by atoms with E-state index in [4.69, 9.17) is 4.42 Å². The normalized spacial score (nSPS) is 19.0. The summed E-state index contributed by atoms with van der Waals surface area (Å²) in [6, 6.07) is 7.63. The van der Waals surface area contributed by atoms with Gasteiger partial charge in [0.05, 0.1) is 11.8 Å². The number of Topliss-reactive ketones (excluding diaryl/α,β-unsaturated/α-hetero) is 2. The second kappa shape index (κ2) is 5.79. The molecule has 0 spiro atoms. The summed E-state index contributed by atoms with van der Waals surface area (Å²) < 4.78 is 5.31. The van der Waals surface area contributed by atoms with Crippen molar-refractivity contribution in [2.45, 2.75) is 38.5 Å². The summed E-state index contributed by atoms with van der Waals surface area (Å²) in [6.07, 6.45) is 3.19. The van der Waals surface area contributed by atoms with Crippen molar-refractivity contribution in [2.24, 2.45) is 0 Å². The van der Waals surface area contributed by atoms with E-state index in [2.05, 4.69) is 0 Å². The number of ketones is 2. The van der Waals surface area contributed by atoms with Gasteiger partial charge in [0, 0.05) is 24.6 Å². The molecule has 0 bridgehead atoms. The van der Waals surface area contributed by atoms with Gasteiger partial charge >= 0.3 is 0 Å². The third-order valence-corrected chi connectivity index (χ3v) is 4.14. The van der Waals surface area contributed by atoms with Gasteiger partial charge < -0.3 is 9.52 Å². The van der Waals surface area contributed by atoms with Crippen molar-refractivity contribution in [3.8, 4) is 0 Å². The summed E-state index contributed by atoms with van der Waals surface area (Å²) in [7, 11) is 0. The number of aliphatic hydroxyl groups excluding tert-OH is 1. The second-order valence-corrected chi connectivity index (χ2v) is 5.74. The van der Waals surface area contributed by atoms with Gasteiger partial charge in [-0.25, -0.2) is 0 Å². The quantitative estimate of drug-likeness (QED) is 0.864. The largest absolute Gasteiger partial charge is 0.511 e. The van der Waals surface area contributed by atoms with Crippen molar-refractivity contribution in [3.05, 3.63) is 47.4 Å². The van der Waals surface area contributed by atoms with Gasteiger partial charge in [-0.2, -0.15) is 0 Å². The van der Waals surface area contributed by atoms with Gasteiger partial charge in [0.15, 0.2) is 11.6 Å².